The van der Waals surface area contributed by atoms with Crippen molar-refractivity contribution in [2.24, 2.45) is 0 Å². The Morgan fingerprint density at radius 1 is 1.44 bits per heavy atom. The predicted molar refractivity (Wildman–Crippen MR) is 88.9 cm³/mol. The van der Waals surface area contributed by atoms with Crippen molar-refractivity contribution in [3.8, 4) is 0 Å². The molecule has 0 saturated carbocycles. The monoisotopic (exact) mass is 359 g/mol. The van der Waals surface area contributed by atoms with Crippen molar-refractivity contribution < 1.29 is 33.6 Å². The van der Waals surface area contributed by atoms with Gasteiger partial charge >= 0.3 is 6.09 Å². The van der Waals surface area contributed by atoms with E-state index < -0.39 is 48.1 Å². The third-order valence-electron chi connectivity index (χ3n) is 3.75. The summed E-state index contributed by atoms with van der Waals surface area (Å²) in [5.41, 5.74) is -0.665. The fourth-order valence-corrected chi connectivity index (χ4v) is 2.75. The van der Waals surface area contributed by atoms with Gasteiger partial charge in [-0.3, -0.25) is 0 Å². The lowest BCUT2D eigenvalue weighted by Crippen LogP contribution is -2.68. The summed E-state index contributed by atoms with van der Waals surface area (Å²) in [5.74, 6) is -0.850. The van der Waals surface area contributed by atoms with Crippen LogP contribution < -0.4 is 5.32 Å². The molecule has 0 aromatic rings. The predicted octanol–water partition coefficient (Wildman–Crippen LogP) is 1.32. The van der Waals surface area contributed by atoms with Crippen LogP contribution in [0.25, 0.3) is 0 Å². The molecule has 0 aromatic heterocycles. The summed E-state index contributed by atoms with van der Waals surface area (Å²) in [7, 11) is 0. The summed E-state index contributed by atoms with van der Waals surface area (Å²) in [6.07, 6.45) is -2.21. The summed E-state index contributed by atoms with van der Waals surface area (Å²) in [5, 5.41) is 13.4. The van der Waals surface area contributed by atoms with Gasteiger partial charge in [-0.2, -0.15) is 0 Å². The number of carbonyl (C=O) groups is 1. The maximum atomic E-state index is 12.1. The number of aliphatic hydroxyl groups excluding tert-OH is 1. The Bertz CT molecular complexity index is 488. The summed E-state index contributed by atoms with van der Waals surface area (Å²) in [6.45, 7) is 12.8. The minimum atomic E-state index is -1.05. The largest absolute Gasteiger partial charge is 0.444 e. The van der Waals surface area contributed by atoms with E-state index in [1.807, 2.05) is 0 Å². The molecule has 2 fully saturated rings. The van der Waals surface area contributed by atoms with Crippen LogP contribution in [-0.4, -0.2) is 66.4 Å². The number of hydrogen-bond acceptors (Lipinski definition) is 7. The number of ether oxygens (including phenoxy) is 5. The average molecular weight is 359 g/mol. The fraction of sp³-hybridized carbons (Fsp3) is 0.824. The number of carbonyl (C=O) groups excluding carboxylic acids is 1. The molecule has 2 N–H and O–H groups in total. The van der Waals surface area contributed by atoms with Crippen molar-refractivity contribution in [1.29, 1.82) is 0 Å². The zero-order valence-electron chi connectivity index (χ0n) is 15.5. The van der Waals surface area contributed by atoms with Gasteiger partial charge in [-0.1, -0.05) is 6.08 Å². The van der Waals surface area contributed by atoms with Crippen molar-refractivity contribution in [3.63, 3.8) is 0 Å². The lowest BCUT2D eigenvalue weighted by Gasteiger charge is -2.49. The topological polar surface area (TPSA) is 95.5 Å². The van der Waals surface area contributed by atoms with Crippen molar-refractivity contribution in [2.45, 2.75) is 76.7 Å². The van der Waals surface area contributed by atoms with E-state index in [0.29, 0.717) is 0 Å². The molecule has 2 saturated heterocycles. The first-order chi connectivity index (χ1) is 11.5. The minimum absolute atomic E-state index is 0.203. The number of nitrogens with one attached hydrogen (secondary N) is 1. The Morgan fingerprint density at radius 3 is 2.72 bits per heavy atom. The Morgan fingerprint density at radius 2 is 2.12 bits per heavy atom. The van der Waals surface area contributed by atoms with Crippen molar-refractivity contribution in [2.75, 3.05) is 13.2 Å². The Hall–Kier alpha value is -1.19. The number of aliphatic hydroxyl groups is 1. The van der Waals surface area contributed by atoms with Crippen LogP contribution in [0.4, 0.5) is 4.79 Å². The van der Waals surface area contributed by atoms with E-state index in [4.69, 9.17) is 23.7 Å². The third-order valence-corrected chi connectivity index (χ3v) is 3.75. The molecule has 0 radical (unpaired) electrons. The van der Waals surface area contributed by atoms with E-state index in [-0.39, 0.29) is 13.2 Å². The molecule has 1 amide bonds. The van der Waals surface area contributed by atoms with Crippen LogP contribution in [0.5, 0.6) is 0 Å². The molecule has 0 spiro atoms. The molecule has 2 aliphatic rings. The van der Waals surface area contributed by atoms with E-state index in [0.717, 1.165) is 0 Å². The number of rotatable bonds is 4. The first kappa shape index (κ1) is 20.1. The average Bonchev–Trinajstić information content (AvgIpc) is 2.47. The maximum Gasteiger partial charge on any atom is 0.408 e. The van der Waals surface area contributed by atoms with Gasteiger partial charge in [0, 0.05) is 0 Å². The van der Waals surface area contributed by atoms with E-state index in [1.54, 1.807) is 40.7 Å². The minimum Gasteiger partial charge on any atom is -0.444 e. The highest BCUT2D eigenvalue weighted by molar-refractivity contribution is 5.68. The van der Waals surface area contributed by atoms with E-state index in [9.17, 15) is 9.90 Å². The van der Waals surface area contributed by atoms with Gasteiger partial charge in [0.25, 0.3) is 0 Å². The molecule has 5 atom stereocenters. The smallest absolute Gasteiger partial charge is 0.408 e. The molecule has 8 nitrogen and oxygen atoms in total. The second-order valence-corrected chi connectivity index (χ2v) is 7.62. The van der Waals surface area contributed by atoms with Crippen LogP contribution in [0.2, 0.25) is 0 Å². The van der Waals surface area contributed by atoms with Crippen molar-refractivity contribution in [3.05, 3.63) is 12.7 Å². The molecule has 0 aliphatic carbocycles. The Kier molecular flexibility index (Phi) is 6.11. The lowest BCUT2D eigenvalue weighted by atomic mass is 9.95. The van der Waals surface area contributed by atoms with Gasteiger partial charge in [0.15, 0.2) is 12.1 Å². The van der Waals surface area contributed by atoms with Gasteiger partial charge in [0.05, 0.1) is 13.2 Å². The Labute approximate surface area is 148 Å². The van der Waals surface area contributed by atoms with Gasteiger partial charge < -0.3 is 34.1 Å². The van der Waals surface area contributed by atoms with Crippen LogP contribution in [-0.2, 0) is 23.7 Å². The molecule has 0 unspecified atom stereocenters. The molecular formula is C17H29NO7. The molecular weight excluding hydrogens is 330 g/mol. The highest BCUT2D eigenvalue weighted by Gasteiger charge is 2.51. The molecule has 25 heavy (non-hydrogen) atoms. The summed E-state index contributed by atoms with van der Waals surface area (Å²) < 4.78 is 28.0. The van der Waals surface area contributed by atoms with E-state index in [1.165, 1.54) is 0 Å². The standard InChI is InChI=1S/C17H29NO7/c1-7-8-21-14-11(18-15(20)25-16(2,3)4)12(19)13-10(23-14)9-22-17(5,6)24-13/h7,10-14,19H,1,8-9H2,2-6H3,(H,18,20)/t10-,11-,12-,13-,14+/m1/s1. The zero-order chi connectivity index (χ0) is 18.8. The third kappa shape index (κ3) is 5.39. The molecule has 2 rings (SSSR count). The second kappa shape index (κ2) is 7.59. The molecule has 0 bridgehead atoms. The second-order valence-electron chi connectivity index (χ2n) is 7.62. The van der Waals surface area contributed by atoms with Crippen LogP contribution in [0.15, 0.2) is 12.7 Å². The van der Waals surface area contributed by atoms with Crippen LogP contribution in [0.3, 0.4) is 0 Å². The van der Waals surface area contributed by atoms with Gasteiger partial charge in [0.2, 0.25) is 0 Å². The van der Waals surface area contributed by atoms with Gasteiger partial charge in [0.1, 0.15) is 30.0 Å². The van der Waals surface area contributed by atoms with Crippen molar-refractivity contribution >= 4 is 6.09 Å². The van der Waals surface area contributed by atoms with Crippen LogP contribution in [0, 0.1) is 0 Å². The van der Waals surface area contributed by atoms with Crippen LogP contribution in [0.1, 0.15) is 34.6 Å². The quantitative estimate of drug-likeness (QED) is 0.731. The number of fused-ring (bicyclic) bond motifs is 1. The molecule has 2 aliphatic heterocycles. The Balaban J connectivity index is 2.13. The first-order valence-corrected chi connectivity index (χ1v) is 8.40. The van der Waals surface area contributed by atoms with E-state index in [2.05, 4.69) is 11.9 Å². The lowest BCUT2D eigenvalue weighted by molar-refractivity contribution is -0.368. The molecule has 8 heteroatoms. The summed E-state index contributed by atoms with van der Waals surface area (Å²) in [6, 6.07) is -0.857. The fourth-order valence-electron chi connectivity index (χ4n) is 2.75. The van der Waals surface area contributed by atoms with Crippen molar-refractivity contribution in [1.82, 2.24) is 5.32 Å². The van der Waals surface area contributed by atoms with Gasteiger partial charge in [-0.05, 0) is 34.6 Å². The summed E-state index contributed by atoms with van der Waals surface area (Å²) >= 11 is 0. The van der Waals surface area contributed by atoms with E-state index >= 15 is 0 Å². The van der Waals surface area contributed by atoms with Gasteiger partial charge in [-0.15, -0.1) is 6.58 Å². The highest BCUT2D eigenvalue weighted by Crippen LogP contribution is 2.32. The molecule has 144 valence electrons. The normalized spacial score (nSPS) is 34.7. The maximum absolute atomic E-state index is 12.1. The highest BCUT2D eigenvalue weighted by atomic mass is 16.8. The number of alkyl carbamates (subject to hydrolysis) is 1. The number of amides is 1. The van der Waals surface area contributed by atoms with Gasteiger partial charge in [-0.25, -0.2) is 4.79 Å². The molecule has 2 heterocycles. The molecule has 0 aromatic carbocycles. The number of hydrogen-bond donors (Lipinski definition) is 2. The summed E-state index contributed by atoms with van der Waals surface area (Å²) in [4.78, 5) is 12.1. The zero-order valence-corrected chi connectivity index (χ0v) is 15.5. The SMILES string of the molecule is C=CCO[C@H]1O[C@@H]2COC(C)(C)O[C@H]2[C@H](O)[C@H]1NC(=O)OC(C)(C)C. The first-order valence-electron chi connectivity index (χ1n) is 8.40. The van der Waals surface area contributed by atoms with Crippen LogP contribution >= 0.6 is 0 Å².